The maximum atomic E-state index is 12.5. The second-order valence-electron chi connectivity index (χ2n) is 10.6. The average molecular weight is 520 g/mol. The third kappa shape index (κ3) is 5.15. The van der Waals surface area contributed by atoms with Gasteiger partial charge in [-0.05, 0) is 100 Å². The van der Waals surface area contributed by atoms with Gasteiger partial charge in [-0.25, -0.2) is 9.97 Å². The Bertz CT molecular complexity index is 1320. The monoisotopic (exact) mass is 519 g/mol. The molecule has 1 saturated heterocycles. The number of aryl methyl sites for hydroxylation is 2. The summed E-state index contributed by atoms with van der Waals surface area (Å²) in [6.07, 6.45) is 5.29. The lowest BCUT2D eigenvalue weighted by atomic mass is 9.82. The van der Waals surface area contributed by atoms with E-state index in [9.17, 15) is 4.79 Å². The number of ether oxygens (including phenoxy) is 1. The number of halogens is 1. The molecule has 194 valence electrons. The Morgan fingerprint density at radius 1 is 1.19 bits per heavy atom. The van der Waals surface area contributed by atoms with Crippen LogP contribution in [0.1, 0.15) is 55.0 Å². The van der Waals surface area contributed by atoms with Gasteiger partial charge in [0, 0.05) is 5.69 Å². The molecule has 1 aromatic heterocycles. The number of amides is 1. The largest absolute Gasteiger partial charge is 0.495 e. The van der Waals surface area contributed by atoms with E-state index in [2.05, 4.69) is 45.8 Å². The first-order valence-corrected chi connectivity index (χ1v) is 13.2. The van der Waals surface area contributed by atoms with Crippen LogP contribution in [0.5, 0.6) is 5.75 Å². The molecule has 37 heavy (non-hydrogen) atoms. The first kappa shape index (κ1) is 25.5. The SMILES string of the molecule is COc1cc(C2CCN(C)CC2)ccc1Nc1ncc(Cl)c(CCc2cccc3c2C(C)(C)C(=O)N3)n1. The number of aromatic nitrogens is 2. The van der Waals surface area contributed by atoms with Gasteiger partial charge in [0.05, 0.1) is 35.1 Å². The van der Waals surface area contributed by atoms with Crippen molar-refractivity contribution in [3.8, 4) is 5.75 Å². The van der Waals surface area contributed by atoms with Gasteiger partial charge in [0.25, 0.3) is 0 Å². The predicted octanol–water partition coefficient (Wildman–Crippen LogP) is 5.71. The third-order valence-corrected chi connectivity index (χ3v) is 8.02. The number of hydrogen-bond acceptors (Lipinski definition) is 6. The summed E-state index contributed by atoms with van der Waals surface area (Å²) in [5, 5.41) is 6.84. The van der Waals surface area contributed by atoms with Crippen LogP contribution < -0.4 is 15.4 Å². The number of hydrogen-bond donors (Lipinski definition) is 2. The molecule has 2 aliphatic rings. The van der Waals surface area contributed by atoms with Crippen LogP contribution in [0.4, 0.5) is 17.3 Å². The van der Waals surface area contributed by atoms with E-state index in [0.29, 0.717) is 29.7 Å². The summed E-state index contributed by atoms with van der Waals surface area (Å²) in [6.45, 7) is 6.15. The lowest BCUT2D eigenvalue weighted by Crippen LogP contribution is -2.29. The number of methoxy groups -OCH3 is 1. The van der Waals surface area contributed by atoms with Crippen molar-refractivity contribution >= 4 is 34.8 Å². The van der Waals surface area contributed by atoms with Crippen molar-refractivity contribution in [2.24, 2.45) is 0 Å². The second-order valence-corrected chi connectivity index (χ2v) is 11.0. The van der Waals surface area contributed by atoms with E-state index >= 15 is 0 Å². The first-order chi connectivity index (χ1) is 17.8. The summed E-state index contributed by atoms with van der Waals surface area (Å²) in [6, 6.07) is 12.4. The van der Waals surface area contributed by atoms with Crippen LogP contribution in [0, 0.1) is 0 Å². The van der Waals surface area contributed by atoms with Crippen molar-refractivity contribution in [3.05, 3.63) is 70.0 Å². The number of rotatable bonds is 7. The Balaban J connectivity index is 1.32. The predicted molar refractivity (Wildman–Crippen MR) is 148 cm³/mol. The Morgan fingerprint density at radius 2 is 1.97 bits per heavy atom. The quantitative estimate of drug-likeness (QED) is 0.416. The number of fused-ring (bicyclic) bond motifs is 1. The molecule has 3 aromatic rings. The normalized spacial score (nSPS) is 17.4. The Kier molecular flexibility index (Phi) is 7.10. The molecule has 0 unspecified atom stereocenters. The highest BCUT2D eigenvalue weighted by Gasteiger charge is 2.39. The van der Waals surface area contributed by atoms with Crippen LogP contribution in [0.25, 0.3) is 0 Å². The van der Waals surface area contributed by atoms with Crippen LogP contribution in [-0.4, -0.2) is 48.0 Å². The van der Waals surface area contributed by atoms with Crippen LogP contribution in [-0.2, 0) is 23.1 Å². The van der Waals surface area contributed by atoms with Gasteiger partial charge in [-0.2, -0.15) is 0 Å². The topological polar surface area (TPSA) is 79.4 Å². The van der Waals surface area contributed by atoms with Crippen molar-refractivity contribution in [2.75, 3.05) is 37.9 Å². The lowest BCUT2D eigenvalue weighted by Gasteiger charge is -2.29. The Morgan fingerprint density at radius 3 is 2.73 bits per heavy atom. The summed E-state index contributed by atoms with van der Waals surface area (Å²) in [5.41, 5.74) is 5.38. The zero-order valence-corrected chi connectivity index (χ0v) is 22.7. The molecule has 1 fully saturated rings. The number of carbonyl (C=O) groups excluding carboxylic acids is 1. The van der Waals surface area contributed by atoms with Crippen LogP contribution >= 0.6 is 11.6 Å². The fraction of sp³-hybridized carbons (Fsp3) is 0.414. The number of carbonyl (C=O) groups is 1. The van der Waals surface area contributed by atoms with E-state index in [0.717, 1.165) is 59.9 Å². The molecule has 0 bridgehead atoms. The third-order valence-electron chi connectivity index (χ3n) is 7.70. The molecule has 2 aromatic carbocycles. The summed E-state index contributed by atoms with van der Waals surface area (Å²) >= 11 is 6.49. The molecule has 5 rings (SSSR count). The zero-order valence-electron chi connectivity index (χ0n) is 21.9. The number of piperidine rings is 1. The molecular weight excluding hydrogens is 486 g/mol. The molecule has 0 spiro atoms. The summed E-state index contributed by atoms with van der Waals surface area (Å²) < 4.78 is 5.71. The molecule has 8 heteroatoms. The number of anilines is 3. The minimum absolute atomic E-state index is 0.0253. The Hall–Kier alpha value is -3.16. The van der Waals surface area contributed by atoms with Gasteiger partial charge >= 0.3 is 0 Å². The van der Waals surface area contributed by atoms with Gasteiger partial charge in [0.2, 0.25) is 11.9 Å². The van der Waals surface area contributed by atoms with Gasteiger partial charge < -0.3 is 20.3 Å². The zero-order chi connectivity index (χ0) is 26.2. The highest BCUT2D eigenvalue weighted by molar-refractivity contribution is 6.31. The van der Waals surface area contributed by atoms with E-state index in [1.54, 1.807) is 13.3 Å². The first-order valence-electron chi connectivity index (χ1n) is 12.8. The standard InChI is InChI=1S/C29H34ClN5O2/c1-29(2)26-19(6-5-7-24(26)32-27(29)36)8-10-22-21(30)17-31-28(33-22)34-23-11-9-20(16-25(23)37-4)18-12-14-35(3)15-13-18/h5-7,9,11,16-18H,8,10,12-15H2,1-4H3,(H,32,36)(H,31,33,34). The van der Waals surface area contributed by atoms with Gasteiger partial charge in [-0.3, -0.25) is 4.79 Å². The van der Waals surface area contributed by atoms with Crippen LogP contribution in [0.15, 0.2) is 42.6 Å². The lowest BCUT2D eigenvalue weighted by molar-refractivity contribution is -0.119. The number of nitrogens with one attached hydrogen (secondary N) is 2. The number of nitrogens with zero attached hydrogens (tertiary/aromatic N) is 3. The van der Waals surface area contributed by atoms with Crippen molar-refractivity contribution in [2.45, 2.75) is 50.9 Å². The summed E-state index contributed by atoms with van der Waals surface area (Å²) in [7, 11) is 3.86. The molecule has 0 atom stereocenters. The van der Waals surface area contributed by atoms with E-state index in [-0.39, 0.29) is 5.91 Å². The fourth-order valence-electron chi connectivity index (χ4n) is 5.46. The van der Waals surface area contributed by atoms with Gasteiger partial charge in [0.1, 0.15) is 5.75 Å². The molecule has 0 aliphatic carbocycles. The van der Waals surface area contributed by atoms with Crippen LogP contribution in [0.3, 0.4) is 0 Å². The number of likely N-dealkylation sites (tertiary alicyclic amines) is 1. The van der Waals surface area contributed by atoms with E-state index in [1.165, 1.54) is 5.56 Å². The molecular formula is C29H34ClN5O2. The van der Waals surface area contributed by atoms with Crippen molar-refractivity contribution in [1.82, 2.24) is 14.9 Å². The average Bonchev–Trinajstić information content (AvgIpc) is 3.13. The minimum atomic E-state index is -0.565. The molecule has 2 N–H and O–H groups in total. The molecule has 3 heterocycles. The second kappa shape index (κ2) is 10.3. The van der Waals surface area contributed by atoms with Gasteiger partial charge in [-0.1, -0.05) is 29.8 Å². The van der Waals surface area contributed by atoms with Gasteiger partial charge in [-0.15, -0.1) is 0 Å². The summed E-state index contributed by atoms with van der Waals surface area (Å²) in [5.74, 6) is 1.82. The van der Waals surface area contributed by atoms with Gasteiger partial charge in [0.15, 0.2) is 0 Å². The highest BCUT2D eigenvalue weighted by atomic mass is 35.5. The van der Waals surface area contributed by atoms with Crippen molar-refractivity contribution < 1.29 is 9.53 Å². The van der Waals surface area contributed by atoms with E-state index in [1.807, 2.05) is 32.0 Å². The molecule has 7 nitrogen and oxygen atoms in total. The molecule has 1 amide bonds. The smallest absolute Gasteiger partial charge is 0.234 e. The Labute approximate surface area is 223 Å². The van der Waals surface area contributed by atoms with Crippen molar-refractivity contribution in [3.63, 3.8) is 0 Å². The number of benzene rings is 2. The van der Waals surface area contributed by atoms with Crippen molar-refractivity contribution in [1.29, 1.82) is 0 Å². The van der Waals surface area contributed by atoms with E-state index < -0.39 is 5.41 Å². The van der Waals surface area contributed by atoms with E-state index in [4.69, 9.17) is 21.3 Å². The molecule has 0 saturated carbocycles. The minimum Gasteiger partial charge on any atom is -0.495 e. The maximum absolute atomic E-state index is 12.5. The fourth-order valence-corrected chi connectivity index (χ4v) is 5.65. The van der Waals surface area contributed by atoms with Crippen LogP contribution in [0.2, 0.25) is 5.02 Å². The molecule has 0 radical (unpaired) electrons. The molecule has 2 aliphatic heterocycles. The maximum Gasteiger partial charge on any atom is 0.234 e. The highest BCUT2D eigenvalue weighted by Crippen LogP contribution is 2.40. The summed E-state index contributed by atoms with van der Waals surface area (Å²) in [4.78, 5) is 24.0.